The first-order valence-electron chi connectivity index (χ1n) is 13.9. The Labute approximate surface area is 238 Å². The van der Waals surface area contributed by atoms with Crippen LogP contribution in [0.4, 0.5) is 8.78 Å². The van der Waals surface area contributed by atoms with Crippen LogP contribution in [0.25, 0.3) is 11.1 Å². The maximum Gasteiger partial charge on any atom is 0.347 e. The summed E-state index contributed by atoms with van der Waals surface area (Å²) in [6.45, 7) is 5.59. The monoisotopic (exact) mass is 564 g/mol. The van der Waals surface area contributed by atoms with Crippen molar-refractivity contribution in [2.45, 2.75) is 50.7 Å². The van der Waals surface area contributed by atoms with Crippen LogP contribution >= 0.6 is 0 Å². The van der Waals surface area contributed by atoms with Crippen molar-refractivity contribution in [3.05, 3.63) is 83.4 Å². The fourth-order valence-corrected chi connectivity index (χ4v) is 5.35. The molecule has 9 heteroatoms. The number of piperidine rings is 1. The first-order chi connectivity index (χ1) is 19.6. The standard InChI is InChI=1S/C32H34F2N2O5/c1-32(2,31(38)39)41-24-7-3-5-20(15-24)23-6-4-14-36(19-23)30(37)22-9-11-29(40-25-12-13-35-18-25)26(16-22)21-8-10-27(33)28(34)17-21/h3,5,7-11,15-17,23,25,35H,4,6,12-14,18-19H2,1-2H3,(H,38,39)/t23?,25-/m0/s1. The summed E-state index contributed by atoms with van der Waals surface area (Å²) in [6.07, 6.45) is 2.45. The molecule has 0 spiro atoms. The van der Waals surface area contributed by atoms with Gasteiger partial charge in [-0.1, -0.05) is 18.2 Å². The number of likely N-dealkylation sites (tertiary alicyclic amines) is 1. The molecule has 7 nitrogen and oxygen atoms in total. The molecule has 0 bridgehead atoms. The lowest BCUT2D eigenvalue weighted by molar-refractivity contribution is -0.152. The second kappa shape index (κ2) is 11.9. The van der Waals surface area contributed by atoms with Crippen LogP contribution in [0.3, 0.4) is 0 Å². The highest BCUT2D eigenvalue weighted by atomic mass is 19.2. The molecule has 0 radical (unpaired) electrons. The minimum atomic E-state index is -1.37. The predicted molar refractivity (Wildman–Crippen MR) is 150 cm³/mol. The zero-order valence-corrected chi connectivity index (χ0v) is 23.2. The van der Waals surface area contributed by atoms with E-state index in [1.165, 1.54) is 19.9 Å². The number of aliphatic carboxylic acids is 1. The lowest BCUT2D eigenvalue weighted by Crippen LogP contribution is -2.39. The lowest BCUT2D eigenvalue weighted by atomic mass is 9.90. The van der Waals surface area contributed by atoms with E-state index in [1.807, 2.05) is 18.2 Å². The molecule has 41 heavy (non-hydrogen) atoms. The van der Waals surface area contributed by atoms with Gasteiger partial charge in [0.2, 0.25) is 0 Å². The summed E-state index contributed by atoms with van der Waals surface area (Å²) in [5, 5.41) is 12.7. The first kappa shape index (κ1) is 28.5. The molecule has 5 rings (SSSR count). The van der Waals surface area contributed by atoms with Crippen LogP contribution in [0.1, 0.15) is 54.9 Å². The van der Waals surface area contributed by atoms with Gasteiger partial charge in [-0.2, -0.15) is 0 Å². The summed E-state index contributed by atoms with van der Waals surface area (Å²) < 4.78 is 39.8. The normalized spacial score (nSPS) is 19.2. The van der Waals surface area contributed by atoms with Gasteiger partial charge in [0.05, 0.1) is 0 Å². The SMILES string of the molecule is CC(C)(Oc1cccc(C2CCCN(C(=O)c3ccc(O[C@H]4CCNC4)c(-c4ccc(F)c(F)c4)c3)C2)c1)C(=O)O. The minimum Gasteiger partial charge on any atom is -0.488 e. The highest BCUT2D eigenvalue weighted by Gasteiger charge is 2.31. The number of ether oxygens (including phenoxy) is 2. The molecule has 3 aromatic carbocycles. The second-order valence-electron chi connectivity index (χ2n) is 11.2. The predicted octanol–water partition coefficient (Wildman–Crippen LogP) is 5.63. The number of nitrogens with one attached hydrogen (secondary N) is 1. The Morgan fingerprint density at radius 2 is 1.85 bits per heavy atom. The number of nitrogens with zero attached hydrogens (tertiary/aromatic N) is 1. The van der Waals surface area contributed by atoms with Crippen molar-refractivity contribution >= 4 is 11.9 Å². The lowest BCUT2D eigenvalue weighted by Gasteiger charge is -2.33. The molecule has 1 unspecified atom stereocenters. The van der Waals surface area contributed by atoms with E-state index in [4.69, 9.17) is 9.47 Å². The molecule has 1 amide bonds. The summed E-state index contributed by atoms with van der Waals surface area (Å²) in [5.41, 5.74) is 0.987. The fraction of sp³-hybridized carbons (Fsp3) is 0.375. The average molecular weight is 565 g/mol. The highest BCUT2D eigenvalue weighted by Crippen LogP contribution is 2.35. The van der Waals surface area contributed by atoms with E-state index in [1.54, 1.807) is 29.2 Å². The molecule has 2 fully saturated rings. The zero-order chi connectivity index (χ0) is 29.1. The highest BCUT2D eigenvalue weighted by molar-refractivity contribution is 5.96. The van der Waals surface area contributed by atoms with Gasteiger partial charge in [-0.25, -0.2) is 13.6 Å². The third-order valence-corrected chi connectivity index (χ3v) is 7.69. The summed E-state index contributed by atoms with van der Waals surface area (Å²) in [4.78, 5) is 27.0. The molecule has 216 valence electrons. The number of carboxylic acid groups (broad SMARTS) is 1. The minimum absolute atomic E-state index is 0.0485. The third kappa shape index (κ3) is 6.51. The molecular weight excluding hydrogens is 530 g/mol. The number of carbonyl (C=O) groups is 2. The van der Waals surface area contributed by atoms with Crippen molar-refractivity contribution in [3.8, 4) is 22.6 Å². The third-order valence-electron chi connectivity index (χ3n) is 7.69. The Balaban J connectivity index is 1.38. The Morgan fingerprint density at radius 3 is 2.59 bits per heavy atom. The van der Waals surface area contributed by atoms with Crippen molar-refractivity contribution in [3.63, 3.8) is 0 Å². The molecule has 3 aromatic rings. The second-order valence-corrected chi connectivity index (χ2v) is 11.2. The number of amides is 1. The fourth-order valence-electron chi connectivity index (χ4n) is 5.35. The van der Waals surface area contributed by atoms with Crippen LogP contribution in [0.15, 0.2) is 60.7 Å². The topological polar surface area (TPSA) is 88.1 Å². The van der Waals surface area contributed by atoms with Gasteiger partial charge in [0.15, 0.2) is 17.2 Å². The van der Waals surface area contributed by atoms with E-state index in [0.717, 1.165) is 43.5 Å². The first-order valence-corrected chi connectivity index (χ1v) is 13.9. The van der Waals surface area contributed by atoms with Crippen LogP contribution in [0.5, 0.6) is 11.5 Å². The van der Waals surface area contributed by atoms with Crippen molar-refractivity contribution in [2.24, 2.45) is 0 Å². The van der Waals surface area contributed by atoms with Crippen LogP contribution in [-0.4, -0.2) is 59.8 Å². The molecule has 0 aromatic heterocycles. The average Bonchev–Trinajstić information content (AvgIpc) is 3.47. The van der Waals surface area contributed by atoms with Gasteiger partial charge in [-0.3, -0.25) is 4.79 Å². The van der Waals surface area contributed by atoms with Crippen LogP contribution in [-0.2, 0) is 4.79 Å². The van der Waals surface area contributed by atoms with Gasteiger partial charge in [0.1, 0.15) is 17.6 Å². The molecule has 2 heterocycles. The van der Waals surface area contributed by atoms with E-state index in [2.05, 4.69) is 5.32 Å². The number of benzene rings is 3. The van der Waals surface area contributed by atoms with Crippen molar-refractivity contribution < 1.29 is 33.0 Å². The smallest absolute Gasteiger partial charge is 0.347 e. The zero-order valence-electron chi connectivity index (χ0n) is 23.2. The number of rotatable bonds is 8. The maximum atomic E-state index is 14.2. The molecular formula is C32H34F2N2O5. The molecule has 0 saturated carbocycles. The van der Waals surface area contributed by atoms with Crippen LogP contribution in [0.2, 0.25) is 0 Å². The van der Waals surface area contributed by atoms with E-state index in [0.29, 0.717) is 47.8 Å². The van der Waals surface area contributed by atoms with Crippen LogP contribution in [0, 0.1) is 11.6 Å². The summed E-state index contributed by atoms with van der Waals surface area (Å²) in [5.74, 6) is -2.11. The number of carbonyl (C=O) groups excluding carboxylic acids is 1. The Kier molecular flexibility index (Phi) is 8.26. The van der Waals surface area contributed by atoms with Crippen molar-refractivity contribution in [2.75, 3.05) is 26.2 Å². The van der Waals surface area contributed by atoms with Gasteiger partial charge in [-0.05, 0) is 93.2 Å². The number of hydrogen-bond donors (Lipinski definition) is 2. The van der Waals surface area contributed by atoms with Gasteiger partial charge in [0, 0.05) is 36.7 Å². The number of halogens is 2. The molecule has 2 atom stereocenters. The maximum absolute atomic E-state index is 14.2. The molecule has 2 saturated heterocycles. The van der Waals surface area contributed by atoms with E-state index < -0.39 is 23.2 Å². The quantitative estimate of drug-likeness (QED) is 0.369. The van der Waals surface area contributed by atoms with Gasteiger partial charge >= 0.3 is 5.97 Å². The van der Waals surface area contributed by atoms with E-state index >= 15 is 0 Å². The van der Waals surface area contributed by atoms with E-state index in [-0.39, 0.29) is 17.9 Å². The van der Waals surface area contributed by atoms with Gasteiger partial charge < -0.3 is 24.8 Å². The molecule has 2 aliphatic heterocycles. The summed E-state index contributed by atoms with van der Waals surface area (Å²) in [7, 11) is 0. The van der Waals surface area contributed by atoms with E-state index in [9.17, 15) is 23.5 Å². The molecule has 2 N–H and O–H groups in total. The Hall–Kier alpha value is -3.98. The van der Waals surface area contributed by atoms with Gasteiger partial charge in [0.25, 0.3) is 5.91 Å². The summed E-state index contributed by atoms with van der Waals surface area (Å²) in [6, 6.07) is 16.2. The molecule has 2 aliphatic rings. The number of hydrogen-bond acceptors (Lipinski definition) is 5. The Morgan fingerprint density at radius 1 is 1.02 bits per heavy atom. The summed E-state index contributed by atoms with van der Waals surface area (Å²) >= 11 is 0. The molecule has 0 aliphatic carbocycles. The largest absolute Gasteiger partial charge is 0.488 e. The van der Waals surface area contributed by atoms with Gasteiger partial charge in [-0.15, -0.1) is 0 Å². The van der Waals surface area contributed by atoms with Crippen LogP contribution < -0.4 is 14.8 Å². The van der Waals surface area contributed by atoms with Crippen molar-refractivity contribution in [1.29, 1.82) is 0 Å². The number of carboxylic acids is 1. The van der Waals surface area contributed by atoms with Crippen molar-refractivity contribution in [1.82, 2.24) is 10.2 Å². The Bertz CT molecular complexity index is 1440.